The zero-order chi connectivity index (χ0) is 19.8. The molecule has 29 heavy (non-hydrogen) atoms. The smallest absolute Gasteiger partial charge is 0.135 e. The Kier molecular flexibility index (Phi) is 3.99. The fourth-order valence-electron chi connectivity index (χ4n) is 3.17. The van der Waals surface area contributed by atoms with E-state index in [0.29, 0.717) is 28.6 Å². The molecular formula is C24H16O5. The van der Waals surface area contributed by atoms with Gasteiger partial charge < -0.3 is 24.1 Å². The van der Waals surface area contributed by atoms with Crippen molar-refractivity contribution in [2.45, 2.75) is 0 Å². The van der Waals surface area contributed by atoms with Gasteiger partial charge in [-0.3, -0.25) is 0 Å². The molecule has 0 amide bonds. The molecule has 0 saturated carbocycles. The van der Waals surface area contributed by atoms with Crippen LogP contribution in [0.4, 0.5) is 0 Å². The first kappa shape index (κ1) is 17.0. The van der Waals surface area contributed by atoms with Gasteiger partial charge in [0.05, 0.1) is 0 Å². The van der Waals surface area contributed by atoms with Crippen LogP contribution in [-0.4, -0.2) is 10.2 Å². The van der Waals surface area contributed by atoms with Crippen molar-refractivity contribution in [2.24, 2.45) is 0 Å². The molecule has 1 heterocycles. The zero-order valence-electron chi connectivity index (χ0n) is 15.2. The molecule has 0 atom stereocenters. The Labute approximate surface area is 166 Å². The number of fused-ring (bicyclic) bond motifs is 3. The van der Waals surface area contributed by atoms with Crippen molar-refractivity contribution in [3.63, 3.8) is 0 Å². The molecule has 5 rings (SSSR count). The lowest BCUT2D eigenvalue weighted by atomic mass is 10.1. The van der Waals surface area contributed by atoms with Crippen LogP contribution in [0.1, 0.15) is 0 Å². The lowest BCUT2D eigenvalue weighted by Gasteiger charge is -2.08. The molecule has 0 fully saturated rings. The van der Waals surface area contributed by atoms with Gasteiger partial charge in [0.1, 0.15) is 45.7 Å². The Morgan fingerprint density at radius 2 is 0.931 bits per heavy atom. The average Bonchev–Trinajstić information content (AvgIpc) is 3.08. The minimum Gasteiger partial charge on any atom is -0.508 e. The largest absolute Gasteiger partial charge is 0.508 e. The molecule has 5 heteroatoms. The highest BCUT2D eigenvalue weighted by Crippen LogP contribution is 2.35. The van der Waals surface area contributed by atoms with Gasteiger partial charge in [0, 0.05) is 10.8 Å². The maximum Gasteiger partial charge on any atom is 0.135 e. The van der Waals surface area contributed by atoms with Crippen molar-refractivity contribution in [3.8, 4) is 34.5 Å². The Morgan fingerprint density at radius 3 is 1.59 bits per heavy atom. The first-order valence-corrected chi connectivity index (χ1v) is 9.04. The summed E-state index contributed by atoms with van der Waals surface area (Å²) in [5.74, 6) is 3.01. The molecule has 5 nitrogen and oxygen atoms in total. The van der Waals surface area contributed by atoms with E-state index in [2.05, 4.69) is 0 Å². The van der Waals surface area contributed by atoms with Gasteiger partial charge in [-0.1, -0.05) is 0 Å². The third kappa shape index (κ3) is 3.41. The fraction of sp³-hybridized carbons (Fsp3) is 0. The Morgan fingerprint density at radius 1 is 0.483 bits per heavy atom. The normalized spacial score (nSPS) is 11.0. The monoisotopic (exact) mass is 384 g/mol. The van der Waals surface area contributed by atoms with E-state index in [-0.39, 0.29) is 11.5 Å². The van der Waals surface area contributed by atoms with Gasteiger partial charge in [0.2, 0.25) is 0 Å². The number of aromatic hydroxyl groups is 2. The number of phenolic OH excluding ortho intramolecular Hbond substituents is 2. The van der Waals surface area contributed by atoms with Gasteiger partial charge in [-0.15, -0.1) is 0 Å². The van der Waals surface area contributed by atoms with Crippen molar-refractivity contribution in [1.29, 1.82) is 0 Å². The lowest BCUT2D eigenvalue weighted by molar-refractivity contribution is 0.461. The van der Waals surface area contributed by atoms with E-state index >= 15 is 0 Å². The fourth-order valence-corrected chi connectivity index (χ4v) is 3.17. The van der Waals surface area contributed by atoms with Crippen molar-refractivity contribution in [3.05, 3.63) is 84.9 Å². The van der Waals surface area contributed by atoms with Crippen LogP contribution in [0.15, 0.2) is 89.3 Å². The van der Waals surface area contributed by atoms with E-state index in [1.807, 2.05) is 42.5 Å². The van der Waals surface area contributed by atoms with E-state index < -0.39 is 0 Å². The van der Waals surface area contributed by atoms with Crippen molar-refractivity contribution in [1.82, 2.24) is 0 Å². The SMILES string of the molecule is Oc1ccc(Oc2ccc(Oc3ccc4oc5ccc(O)cc5c4c3)cc2)cc1. The second-order valence-corrected chi connectivity index (χ2v) is 6.61. The third-order valence-corrected chi connectivity index (χ3v) is 4.56. The molecule has 2 N–H and O–H groups in total. The van der Waals surface area contributed by atoms with E-state index in [4.69, 9.17) is 13.9 Å². The van der Waals surface area contributed by atoms with Gasteiger partial charge in [-0.25, -0.2) is 0 Å². The van der Waals surface area contributed by atoms with Crippen LogP contribution < -0.4 is 9.47 Å². The second kappa shape index (κ2) is 6.80. The van der Waals surface area contributed by atoms with Gasteiger partial charge in [-0.05, 0) is 84.9 Å². The van der Waals surface area contributed by atoms with Crippen LogP contribution in [0.5, 0.6) is 34.5 Å². The maximum atomic E-state index is 9.76. The quantitative estimate of drug-likeness (QED) is 0.366. The van der Waals surface area contributed by atoms with E-state index in [1.54, 1.807) is 42.5 Å². The number of benzene rings is 4. The van der Waals surface area contributed by atoms with Gasteiger partial charge in [0.25, 0.3) is 0 Å². The van der Waals surface area contributed by atoms with Gasteiger partial charge in [-0.2, -0.15) is 0 Å². The highest BCUT2D eigenvalue weighted by molar-refractivity contribution is 6.05. The van der Waals surface area contributed by atoms with Crippen LogP contribution >= 0.6 is 0 Å². The van der Waals surface area contributed by atoms with Crippen LogP contribution in [0.3, 0.4) is 0 Å². The molecule has 0 bridgehead atoms. The standard InChI is InChI=1S/C24H16O5/c25-15-1-4-17(5-2-15)27-18-6-8-19(9-7-18)28-20-10-12-24-22(14-20)21-13-16(26)3-11-23(21)29-24/h1-14,25-26H. The summed E-state index contributed by atoms with van der Waals surface area (Å²) in [6.07, 6.45) is 0. The molecular weight excluding hydrogens is 368 g/mol. The Balaban J connectivity index is 1.38. The molecule has 142 valence electrons. The molecule has 5 aromatic rings. The molecule has 0 spiro atoms. The maximum absolute atomic E-state index is 9.76. The van der Waals surface area contributed by atoms with Gasteiger partial charge >= 0.3 is 0 Å². The Bertz CT molecular complexity index is 1300. The van der Waals surface area contributed by atoms with Crippen molar-refractivity contribution >= 4 is 21.9 Å². The molecule has 0 saturated heterocycles. The van der Waals surface area contributed by atoms with E-state index in [0.717, 1.165) is 16.4 Å². The summed E-state index contributed by atoms with van der Waals surface area (Å²) in [7, 11) is 0. The van der Waals surface area contributed by atoms with E-state index in [9.17, 15) is 10.2 Å². The predicted molar refractivity (Wildman–Crippen MR) is 110 cm³/mol. The van der Waals surface area contributed by atoms with Gasteiger partial charge in [0.15, 0.2) is 0 Å². The first-order valence-electron chi connectivity index (χ1n) is 9.04. The first-order chi connectivity index (χ1) is 14.1. The van der Waals surface area contributed by atoms with Crippen LogP contribution in [0.25, 0.3) is 21.9 Å². The van der Waals surface area contributed by atoms with Crippen LogP contribution in [-0.2, 0) is 0 Å². The summed E-state index contributed by atoms with van der Waals surface area (Å²) in [6.45, 7) is 0. The molecule has 0 unspecified atom stereocenters. The molecule has 0 aliphatic rings. The summed E-state index contributed by atoms with van der Waals surface area (Å²) >= 11 is 0. The zero-order valence-corrected chi connectivity index (χ0v) is 15.2. The summed E-state index contributed by atoms with van der Waals surface area (Å²) in [4.78, 5) is 0. The number of phenols is 2. The highest BCUT2D eigenvalue weighted by Gasteiger charge is 2.09. The number of rotatable bonds is 4. The highest BCUT2D eigenvalue weighted by atomic mass is 16.5. The molecule has 4 aromatic carbocycles. The number of furan rings is 1. The third-order valence-electron chi connectivity index (χ3n) is 4.56. The summed E-state index contributed by atoms with van der Waals surface area (Å²) in [5, 5.41) is 20.8. The van der Waals surface area contributed by atoms with Crippen molar-refractivity contribution in [2.75, 3.05) is 0 Å². The minimum absolute atomic E-state index is 0.190. The van der Waals surface area contributed by atoms with E-state index in [1.165, 1.54) is 0 Å². The number of ether oxygens (including phenoxy) is 2. The molecule has 1 aromatic heterocycles. The number of hydrogen-bond donors (Lipinski definition) is 2. The second-order valence-electron chi connectivity index (χ2n) is 6.61. The average molecular weight is 384 g/mol. The van der Waals surface area contributed by atoms with Crippen LogP contribution in [0, 0.1) is 0 Å². The number of hydrogen-bond acceptors (Lipinski definition) is 5. The van der Waals surface area contributed by atoms with Crippen LogP contribution in [0.2, 0.25) is 0 Å². The molecule has 0 aliphatic carbocycles. The predicted octanol–water partition coefficient (Wildman–Crippen LogP) is 6.58. The minimum atomic E-state index is 0.190. The summed E-state index contributed by atoms with van der Waals surface area (Å²) < 4.78 is 17.5. The van der Waals surface area contributed by atoms with Crippen molar-refractivity contribution < 1.29 is 24.1 Å². The topological polar surface area (TPSA) is 72.1 Å². The Hall–Kier alpha value is -4.12. The summed E-state index contributed by atoms with van der Waals surface area (Å²) in [6, 6.07) is 24.4. The lowest BCUT2D eigenvalue weighted by Crippen LogP contribution is -1.86. The molecule has 0 radical (unpaired) electrons. The molecule has 0 aliphatic heterocycles. The summed E-state index contributed by atoms with van der Waals surface area (Å²) in [5.41, 5.74) is 1.45.